The lowest BCUT2D eigenvalue weighted by Gasteiger charge is -1.98. The van der Waals surface area contributed by atoms with Crippen molar-refractivity contribution in [3.8, 4) is 0 Å². The van der Waals surface area contributed by atoms with Crippen LogP contribution < -0.4 is 0 Å². The average Bonchev–Trinajstić information content (AvgIpc) is 2.74. The van der Waals surface area contributed by atoms with Crippen LogP contribution in [-0.4, -0.2) is 0 Å². The molecule has 2 heterocycles. The van der Waals surface area contributed by atoms with Crippen molar-refractivity contribution < 1.29 is 4.42 Å². The quantitative estimate of drug-likeness (QED) is 0.648. The van der Waals surface area contributed by atoms with Gasteiger partial charge in [0.2, 0.25) is 0 Å². The third kappa shape index (κ3) is 1.54. The van der Waals surface area contributed by atoms with E-state index < -0.39 is 0 Å². The molecule has 0 aliphatic carbocycles. The van der Waals surface area contributed by atoms with Crippen LogP contribution in [0.2, 0.25) is 0 Å². The van der Waals surface area contributed by atoms with Gasteiger partial charge in [-0.25, -0.2) is 0 Å². The van der Waals surface area contributed by atoms with E-state index in [9.17, 15) is 0 Å². The van der Waals surface area contributed by atoms with E-state index in [2.05, 4.69) is 25.6 Å². The van der Waals surface area contributed by atoms with Gasteiger partial charge in [-0.3, -0.25) is 0 Å². The number of furan rings is 2. The Bertz CT molecular complexity index is 411. The first-order valence-electron chi connectivity index (χ1n) is 5.29. The predicted molar refractivity (Wildman–Crippen MR) is 59.9 cm³/mol. The zero-order valence-electron chi connectivity index (χ0n) is 8.68. The molecule has 0 spiro atoms. The zero-order valence-corrected chi connectivity index (χ0v) is 8.68. The topological polar surface area (TPSA) is 13.1 Å². The fourth-order valence-electron chi connectivity index (χ4n) is 1.89. The molecule has 2 aromatic heterocycles. The highest BCUT2D eigenvalue weighted by Crippen LogP contribution is 2.28. The summed E-state index contributed by atoms with van der Waals surface area (Å²) in [7, 11) is 0. The maximum absolute atomic E-state index is 5.65. The second-order valence-corrected chi connectivity index (χ2v) is 3.77. The summed E-state index contributed by atoms with van der Waals surface area (Å²) in [4.78, 5) is 0. The molecule has 0 fully saturated rings. The summed E-state index contributed by atoms with van der Waals surface area (Å²) in [6.45, 7) is 5.97. The number of benzene rings is 1. The number of aryl methyl sites for hydroxylation is 1. The fraction of sp³-hybridized carbons (Fsp3) is 0.385. The number of fused-ring (bicyclic) bond motifs is 2. The molecule has 2 bridgehead atoms. The van der Waals surface area contributed by atoms with Crippen molar-refractivity contribution in [1.82, 2.24) is 0 Å². The van der Waals surface area contributed by atoms with Gasteiger partial charge in [-0.1, -0.05) is 19.4 Å². The zero-order chi connectivity index (χ0) is 9.97. The van der Waals surface area contributed by atoms with E-state index in [0.29, 0.717) is 0 Å². The first-order chi connectivity index (χ1) is 6.85. The molecular weight excluding hydrogens is 172 g/mol. The van der Waals surface area contributed by atoms with E-state index in [1.54, 1.807) is 0 Å². The van der Waals surface area contributed by atoms with Gasteiger partial charge < -0.3 is 4.42 Å². The molecule has 1 nitrogen and oxygen atoms in total. The first kappa shape index (κ1) is 9.32. The van der Waals surface area contributed by atoms with Gasteiger partial charge in [0, 0.05) is 5.56 Å². The summed E-state index contributed by atoms with van der Waals surface area (Å²) in [6, 6.07) is 4.28. The first-order valence-corrected chi connectivity index (χ1v) is 5.29. The molecule has 0 N–H and O–H groups in total. The summed E-state index contributed by atoms with van der Waals surface area (Å²) in [5.41, 5.74) is 4.79. The molecule has 0 radical (unpaired) electrons. The Balaban J connectivity index is 2.25. The minimum Gasteiger partial charge on any atom is -0.457 e. The van der Waals surface area contributed by atoms with Crippen molar-refractivity contribution in [3.05, 3.63) is 35.9 Å². The Morgan fingerprint density at radius 1 is 1.36 bits per heavy atom. The van der Waals surface area contributed by atoms with Gasteiger partial charge in [0.25, 0.3) is 0 Å². The predicted octanol–water partition coefficient (Wildman–Crippen LogP) is 3.94. The second-order valence-electron chi connectivity index (χ2n) is 3.77. The molecule has 2 aromatic rings. The molecule has 0 saturated carbocycles. The van der Waals surface area contributed by atoms with E-state index in [0.717, 1.165) is 24.0 Å². The Labute approximate surface area is 84.8 Å². The number of hydrogen-bond donors (Lipinski definition) is 0. The molecule has 74 valence electrons. The van der Waals surface area contributed by atoms with Crippen molar-refractivity contribution in [1.29, 1.82) is 0 Å². The van der Waals surface area contributed by atoms with Gasteiger partial charge in [0.05, 0.1) is 0 Å². The maximum Gasteiger partial charge on any atom is 0.134 e. The standard InChI is InChI=1S/C13H16O/c1-3-5-7-11-9-12-8-10(6-4-2)13(11)14-12/h4,8-9H,2-3,5-7H2,1H3. The van der Waals surface area contributed by atoms with Crippen LogP contribution in [0.3, 0.4) is 0 Å². The van der Waals surface area contributed by atoms with Crippen molar-refractivity contribution in [2.75, 3.05) is 0 Å². The molecule has 2 rings (SSSR count). The smallest absolute Gasteiger partial charge is 0.134 e. The number of hydrogen-bond acceptors (Lipinski definition) is 1. The van der Waals surface area contributed by atoms with Crippen LogP contribution in [0.25, 0.3) is 11.2 Å². The van der Waals surface area contributed by atoms with E-state index in [-0.39, 0.29) is 0 Å². The third-order valence-corrected chi connectivity index (χ3v) is 2.60. The van der Waals surface area contributed by atoms with Gasteiger partial charge in [-0.2, -0.15) is 0 Å². The highest BCUT2D eigenvalue weighted by atomic mass is 16.3. The summed E-state index contributed by atoms with van der Waals surface area (Å²) in [5.74, 6) is 0. The summed E-state index contributed by atoms with van der Waals surface area (Å²) < 4.78 is 5.65. The van der Waals surface area contributed by atoms with Crippen LogP contribution in [-0.2, 0) is 12.8 Å². The van der Waals surface area contributed by atoms with E-state index in [1.807, 2.05) is 6.08 Å². The van der Waals surface area contributed by atoms with Crippen LogP contribution in [0.5, 0.6) is 0 Å². The van der Waals surface area contributed by atoms with Crippen LogP contribution in [0, 0.1) is 0 Å². The molecular formula is C13H16O. The SMILES string of the molecule is C=CCc1cc2cc(CCCC)c1o2. The minimum atomic E-state index is 0.919. The number of allylic oxidation sites excluding steroid dienone is 1. The average molecular weight is 188 g/mol. The molecule has 0 saturated heterocycles. The molecule has 0 atom stereocenters. The van der Waals surface area contributed by atoms with Crippen molar-refractivity contribution in [2.45, 2.75) is 32.6 Å². The molecule has 1 heteroatoms. The lowest BCUT2D eigenvalue weighted by atomic mass is 10.0. The van der Waals surface area contributed by atoms with Crippen LogP contribution >= 0.6 is 0 Å². The van der Waals surface area contributed by atoms with E-state index in [1.165, 1.54) is 24.0 Å². The van der Waals surface area contributed by atoms with Crippen molar-refractivity contribution >= 4 is 11.2 Å². The van der Waals surface area contributed by atoms with Gasteiger partial charge in [0.1, 0.15) is 11.2 Å². The van der Waals surface area contributed by atoms with Crippen LogP contribution in [0.1, 0.15) is 30.9 Å². The highest BCUT2D eigenvalue weighted by molar-refractivity contribution is 5.71. The van der Waals surface area contributed by atoms with Gasteiger partial charge in [0.15, 0.2) is 0 Å². The summed E-state index contributed by atoms with van der Waals surface area (Å²) in [5, 5.41) is 0. The second kappa shape index (κ2) is 3.87. The number of unbranched alkanes of at least 4 members (excludes halogenated alkanes) is 1. The Hall–Kier alpha value is -1.24. The van der Waals surface area contributed by atoms with Crippen LogP contribution in [0.4, 0.5) is 0 Å². The molecule has 0 unspecified atom stereocenters. The Kier molecular flexibility index (Phi) is 2.58. The molecule has 0 aromatic carbocycles. The number of rotatable bonds is 5. The normalized spacial score (nSPS) is 11.2. The Morgan fingerprint density at radius 2 is 2.14 bits per heavy atom. The Morgan fingerprint density at radius 3 is 2.79 bits per heavy atom. The summed E-state index contributed by atoms with van der Waals surface area (Å²) in [6.07, 6.45) is 6.47. The molecule has 0 amide bonds. The lowest BCUT2D eigenvalue weighted by molar-refractivity contribution is 0.668. The summed E-state index contributed by atoms with van der Waals surface area (Å²) >= 11 is 0. The monoisotopic (exact) mass is 188 g/mol. The van der Waals surface area contributed by atoms with Crippen molar-refractivity contribution in [2.24, 2.45) is 0 Å². The van der Waals surface area contributed by atoms with Gasteiger partial charge in [-0.15, -0.1) is 6.58 Å². The maximum atomic E-state index is 5.65. The van der Waals surface area contributed by atoms with Crippen LogP contribution in [0.15, 0.2) is 29.2 Å². The molecule has 14 heavy (non-hydrogen) atoms. The van der Waals surface area contributed by atoms with E-state index in [4.69, 9.17) is 4.42 Å². The fourth-order valence-corrected chi connectivity index (χ4v) is 1.89. The minimum absolute atomic E-state index is 0.919. The third-order valence-electron chi connectivity index (χ3n) is 2.60. The molecule has 0 aliphatic heterocycles. The van der Waals surface area contributed by atoms with Gasteiger partial charge in [-0.05, 0) is 37.0 Å². The molecule has 0 aliphatic rings. The lowest BCUT2D eigenvalue weighted by Crippen LogP contribution is -1.86. The largest absolute Gasteiger partial charge is 0.457 e. The highest BCUT2D eigenvalue weighted by Gasteiger charge is 2.11. The van der Waals surface area contributed by atoms with Gasteiger partial charge >= 0.3 is 0 Å². The van der Waals surface area contributed by atoms with Crippen molar-refractivity contribution in [3.63, 3.8) is 0 Å². The van der Waals surface area contributed by atoms with E-state index >= 15 is 0 Å².